The van der Waals surface area contributed by atoms with Gasteiger partial charge in [-0.3, -0.25) is 0 Å². The molecule has 0 spiro atoms. The molecule has 0 amide bonds. The Kier molecular flexibility index (Phi) is 4.87. The van der Waals surface area contributed by atoms with Crippen molar-refractivity contribution in [3.8, 4) is 11.5 Å². The van der Waals surface area contributed by atoms with Crippen LogP contribution in [-0.4, -0.2) is 37.5 Å². The predicted octanol–water partition coefficient (Wildman–Crippen LogP) is 0.781. The topological polar surface area (TPSA) is 97.1 Å². The van der Waals surface area contributed by atoms with Gasteiger partial charge in [0.05, 0.1) is 13.2 Å². The lowest BCUT2D eigenvalue weighted by atomic mass is 10.1. The largest absolute Gasteiger partial charge is 0.460 e. The van der Waals surface area contributed by atoms with E-state index < -0.39 is 17.7 Å². The van der Waals surface area contributed by atoms with Crippen LogP contribution in [0.15, 0.2) is 18.2 Å². The monoisotopic (exact) mass is 309 g/mol. The maximum atomic E-state index is 12.2. The summed E-state index contributed by atoms with van der Waals surface area (Å²) >= 11 is 0. The molecule has 1 aliphatic heterocycles. The van der Waals surface area contributed by atoms with Crippen LogP contribution >= 0.6 is 0 Å². The van der Waals surface area contributed by atoms with Gasteiger partial charge in [0, 0.05) is 0 Å². The zero-order chi connectivity index (χ0) is 16.2. The number of carbonyl (C=O) groups is 2. The normalized spacial score (nSPS) is 14.5. The summed E-state index contributed by atoms with van der Waals surface area (Å²) in [7, 11) is 0. The van der Waals surface area contributed by atoms with Gasteiger partial charge in [-0.15, -0.1) is 0 Å². The Balaban J connectivity index is 2.33. The Bertz CT molecular complexity index is 553. The third-order valence-corrected chi connectivity index (χ3v) is 3.04. The quantitative estimate of drug-likeness (QED) is 0.612. The summed E-state index contributed by atoms with van der Waals surface area (Å²) in [5.74, 6) is -3.56. The molecule has 2 N–H and O–H groups in total. The fraction of sp³-hybridized carbons (Fsp3) is 0.467. The summed E-state index contributed by atoms with van der Waals surface area (Å²) < 4.78 is 20.7. The molecule has 7 heteroatoms. The molecule has 1 aromatic rings. The summed E-state index contributed by atoms with van der Waals surface area (Å²) in [6, 6.07) is 5.10. The van der Waals surface area contributed by atoms with E-state index in [2.05, 4.69) is 0 Å². The van der Waals surface area contributed by atoms with Crippen molar-refractivity contribution in [2.75, 3.05) is 19.8 Å². The van der Waals surface area contributed by atoms with Crippen LogP contribution in [0.5, 0.6) is 11.5 Å². The summed E-state index contributed by atoms with van der Waals surface area (Å²) in [5, 5.41) is 0. The highest BCUT2D eigenvalue weighted by Crippen LogP contribution is 2.41. The molecule has 1 heterocycles. The Morgan fingerprint density at radius 3 is 2.23 bits per heavy atom. The average Bonchev–Trinajstić information content (AvgIpc) is 2.88. The lowest BCUT2D eigenvalue weighted by Gasteiger charge is -2.22. The van der Waals surface area contributed by atoms with E-state index in [1.54, 1.807) is 32.0 Å². The SMILES string of the molecule is CCOC(=O)C1(C(=O)OCC)Oc2ccc(CCN)cc2O1. The molecule has 0 atom stereocenters. The predicted molar refractivity (Wildman–Crippen MR) is 76.5 cm³/mol. The number of nitrogens with two attached hydrogens (primary N) is 1. The summed E-state index contributed by atoms with van der Waals surface area (Å²) in [5.41, 5.74) is 6.42. The van der Waals surface area contributed by atoms with E-state index in [0.717, 1.165) is 5.56 Å². The van der Waals surface area contributed by atoms with Crippen LogP contribution in [0.25, 0.3) is 0 Å². The standard InChI is InChI=1S/C15H19NO6/c1-3-19-13(17)15(14(18)20-4-2)21-11-6-5-10(7-8-16)9-12(11)22-15/h5-6,9H,3-4,7-8,16H2,1-2H3. The first-order valence-corrected chi connectivity index (χ1v) is 7.12. The van der Waals surface area contributed by atoms with Gasteiger partial charge in [-0.1, -0.05) is 6.07 Å². The molecule has 1 aromatic carbocycles. The molecule has 0 saturated heterocycles. The van der Waals surface area contributed by atoms with Crippen LogP contribution in [-0.2, 0) is 25.5 Å². The van der Waals surface area contributed by atoms with Crippen LogP contribution in [0.2, 0.25) is 0 Å². The number of carbonyl (C=O) groups excluding carboxylic acids is 2. The molecular weight excluding hydrogens is 290 g/mol. The van der Waals surface area contributed by atoms with E-state index in [4.69, 9.17) is 24.7 Å². The smallest absolute Gasteiger partial charge is 0.453 e. The third-order valence-electron chi connectivity index (χ3n) is 3.04. The molecule has 22 heavy (non-hydrogen) atoms. The summed E-state index contributed by atoms with van der Waals surface area (Å²) in [6.45, 7) is 3.89. The molecule has 2 rings (SSSR count). The molecule has 0 fully saturated rings. The molecule has 0 radical (unpaired) electrons. The molecule has 0 aromatic heterocycles. The van der Waals surface area contributed by atoms with Gasteiger partial charge in [0.15, 0.2) is 11.5 Å². The average molecular weight is 309 g/mol. The molecule has 120 valence electrons. The number of benzene rings is 1. The van der Waals surface area contributed by atoms with E-state index in [-0.39, 0.29) is 24.7 Å². The summed E-state index contributed by atoms with van der Waals surface area (Å²) in [4.78, 5) is 24.3. The first-order chi connectivity index (χ1) is 10.6. The minimum atomic E-state index is -2.24. The van der Waals surface area contributed by atoms with Gasteiger partial charge in [-0.2, -0.15) is 0 Å². The highest BCUT2D eigenvalue weighted by atomic mass is 16.8. The fourth-order valence-corrected chi connectivity index (χ4v) is 2.07. The lowest BCUT2D eigenvalue weighted by Crippen LogP contribution is -2.55. The van der Waals surface area contributed by atoms with Crippen LogP contribution in [0.4, 0.5) is 0 Å². The van der Waals surface area contributed by atoms with Crippen molar-refractivity contribution >= 4 is 11.9 Å². The number of fused-ring (bicyclic) bond motifs is 1. The van der Waals surface area contributed by atoms with E-state index in [1.807, 2.05) is 0 Å². The Labute approximate surface area is 128 Å². The van der Waals surface area contributed by atoms with E-state index in [1.165, 1.54) is 0 Å². The molecule has 0 bridgehead atoms. The highest BCUT2D eigenvalue weighted by Gasteiger charge is 2.59. The van der Waals surface area contributed by atoms with Crippen LogP contribution < -0.4 is 15.2 Å². The zero-order valence-corrected chi connectivity index (χ0v) is 12.6. The molecule has 7 nitrogen and oxygen atoms in total. The highest BCUT2D eigenvalue weighted by molar-refractivity contribution is 6.03. The molecule has 1 aliphatic rings. The van der Waals surface area contributed by atoms with Crippen LogP contribution in [0.3, 0.4) is 0 Å². The van der Waals surface area contributed by atoms with Gasteiger partial charge in [-0.05, 0) is 44.5 Å². The number of ether oxygens (including phenoxy) is 4. The fourth-order valence-electron chi connectivity index (χ4n) is 2.07. The van der Waals surface area contributed by atoms with Gasteiger partial charge in [0.2, 0.25) is 0 Å². The lowest BCUT2D eigenvalue weighted by molar-refractivity contribution is -0.202. The van der Waals surface area contributed by atoms with Crippen LogP contribution in [0, 0.1) is 0 Å². The number of rotatable bonds is 6. The molecule has 0 saturated carbocycles. The van der Waals surface area contributed by atoms with Crippen molar-refractivity contribution in [3.63, 3.8) is 0 Å². The number of esters is 2. The third kappa shape index (κ3) is 2.85. The maximum absolute atomic E-state index is 12.2. The molecule has 0 aliphatic carbocycles. The van der Waals surface area contributed by atoms with Crippen molar-refractivity contribution in [3.05, 3.63) is 23.8 Å². The minimum absolute atomic E-state index is 0.0848. The second kappa shape index (κ2) is 6.65. The number of hydrogen-bond acceptors (Lipinski definition) is 7. The van der Waals surface area contributed by atoms with Gasteiger partial charge in [0.1, 0.15) is 0 Å². The summed E-state index contributed by atoms with van der Waals surface area (Å²) in [6.07, 6.45) is 0.641. The molecule has 0 unspecified atom stereocenters. The first kappa shape index (κ1) is 16.1. The Hall–Kier alpha value is -2.28. The van der Waals surface area contributed by atoms with E-state index >= 15 is 0 Å². The van der Waals surface area contributed by atoms with Gasteiger partial charge in [-0.25, -0.2) is 9.59 Å². The second-order valence-electron chi connectivity index (χ2n) is 4.58. The van der Waals surface area contributed by atoms with Gasteiger partial charge < -0.3 is 24.7 Å². The van der Waals surface area contributed by atoms with Crippen molar-refractivity contribution in [1.82, 2.24) is 0 Å². The maximum Gasteiger partial charge on any atom is 0.453 e. The number of hydrogen-bond donors (Lipinski definition) is 1. The first-order valence-electron chi connectivity index (χ1n) is 7.12. The second-order valence-corrected chi connectivity index (χ2v) is 4.58. The molecular formula is C15H19NO6. The van der Waals surface area contributed by atoms with Gasteiger partial charge >= 0.3 is 17.7 Å². The zero-order valence-electron chi connectivity index (χ0n) is 12.6. The minimum Gasteiger partial charge on any atom is -0.460 e. The van der Waals surface area contributed by atoms with Crippen molar-refractivity contribution < 1.29 is 28.5 Å². The Morgan fingerprint density at radius 2 is 1.68 bits per heavy atom. The van der Waals surface area contributed by atoms with Crippen LogP contribution in [0.1, 0.15) is 19.4 Å². The van der Waals surface area contributed by atoms with Gasteiger partial charge in [0.25, 0.3) is 0 Å². The van der Waals surface area contributed by atoms with Crippen molar-refractivity contribution in [2.45, 2.75) is 26.1 Å². The van der Waals surface area contributed by atoms with E-state index in [0.29, 0.717) is 13.0 Å². The van der Waals surface area contributed by atoms with E-state index in [9.17, 15) is 9.59 Å². The van der Waals surface area contributed by atoms with Crippen molar-refractivity contribution in [2.24, 2.45) is 5.73 Å². The Morgan fingerprint density at radius 1 is 1.09 bits per heavy atom. The van der Waals surface area contributed by atoms with Crippen molar-refractivity contribution in [1.29, 1.82) is 0 Å².